The molecule has 0 unspecified atom stereocenters. The van der Waals surface area contributed by atoms with Crippen molar-refractivity contribution in [1.82, 2.24) is 0 Å². The van der Waals surface area contributed by atoms with Crippen molar-refractivity contribution in [2.75, 3.05) is 5.32 Å². The molecule has 0 saturated heterocycles. The molecule has 0 spiro atoms. The molecule has 0 aliphatic carbocycles. The van der Waals surface area contributed by atoms with Crippen molar-refractivity contribution in [3.8, 4) is 0 Å². The van der Waals surface area contributed by atoms with Crippen LogP contribution in [0.2, 0.25) is 0 Å². The van der Waals surface area contributed by atoms with Crippen LogP contribution in [-0.2, 0) is 6.54 Å². The van der Waals surface area contributed by atoms with Crippen molar-refractivity contribution in [3.05, 3.63) is 64.2 Å². The number of hydrogen-bond donors (Lipinski definition) is 1. The maximum absolute atomic E-state index is 13.5. The molecule has 0 atom stereocenters. The first-order valence-corrected chi connectivity index (χ1v) is 6.03. The van der Waals surface area contributed by atoms with Gasteiger partial charge in [-0.15, -0.1) is 0 Å². The Morgan fingerprint density at radius 1 is 0.950 bits per heavy atom. The van der Waals surface area contributed by atoms with E-state index in [2.05, 4.69) is 5.32 Å². The van der Waals surface area contributed by atoms with Crippen molar-refractivity contribution in [2.45, 2.75) is 20.4 Å². The Bertz CT molecular complexity index is 627. The zero-order valence-corrected chi connectivity index (χ0v) is 11.0. The van der Waals surface area contributed by atoms with E-state index in [0.717, 1.165) is 16.7 Å². The SMILES string of the molecule is Cc1cccc(CNc2c(F)c(F)cc(F)c2F)c1C. The predicted molar refractivity (Wildman–Crippen MR) is 69.5 cm³/mol. The van der Waals surface area contributed by atoms with Crippen LogP contribution in [0.25, 0.3) is 0 Å². The number of rotatable bonds is 3. The van der Waals surface area contributed by atoms with Crippen LogP contribution in [-0.4, -0.2) is 0 Å². The third-order valence-electron chi connectivity index (χ3n) is 3.28. The lowest BCUT2D eigenvalue weighted by atomic mass is 10.0. The van der Waals surface area contributed by atoms with Gasteiger partial charge in [-0.3, -0.25) is 0 Å². The highest BCUT2D eigenvalue weighted by Crippen LogP contribution is 2.25. The van der Waals surface area contributed by atoms with Gasteiger partial charge in [-0.2, -0.15) is 0 Å². The van der Waals surface area contributed by atoms with E-state index >= 15 is 0 Å². The van der Waals surface area contributed by atoms with E-state index in [0.29, 0.717) is 0 Å². The van der Waals surface area contributed by atoms with Crippen molar-refractivity contribution in [3.63, 3.8) is 0 Å². The number of nitrogens with one attached hydrogen (secondary N) is 1. The third-order valence-corrected chi connectivity index (χ3v) is 3.28. The summed E-state index contributed by atoms with van der Waals surface area (Å²) < 4.78 is 53.1. The Balaban J connectivity index is 2.30. The van der Waals surface area contributed by atoms with Gasteiger partial charge in [-0.1, -0.05) is 18.2 Å². The molecule has 0 aromatic heterocycles. The maximum Gasteiger partial charge on any atom is 0.185 e. The van der Waals surface area contributed by atoms with E-state index < -0.39 is 29.0 Å². The van der Waals surface area contributed by atoms with E-state index in [1.54, 1.807) is 12.1 Å². The first-order chi connectivity index (χ1) is 9.41. The van der Waals surface area contributed by atoms with Gasteiger partial charge in [-0.05, 0) is 30.5 Å². The molecule has 2 aromatic rings. The fourth-order valence-corrected chi connectivity index (χ4v) is 1.92. The molecule has 1 nitrogen and oxygen atoms in total. The standard InChI is InChI=1S/C15H13F4N/c1-8-4-3-5-10(9(8)2)7-20-15-13(18)11(16)6-12(17)14(15)19/h3-6,20H,7H2,1-2H3. The summed E-state index contributed by atoms with van der Waals surface area (Å²) in [5, 5.41) is 2.42. The Kier molecular flexibility index (Phi) is 3.97. The number of halogens is 4. The van der Waals surface area contributed by atoms with Gasteiger partial charge in [0.1, 0.15) is 5.69 Å². The first kappa shape index (κ1) is 14.4. The topological polar surface area (TPSA) is 12.0 Å². The Morgan fingerprint density at radius 2 is 1.55 bits per heavy atom. The molecule has 20 heavy (non-hydrogen) atoms. The molecule has 0 fully saturated rings. The highest BCUT2D eigenvalue weighted by atomic mass is 19.2. The molecule has 106 valence electrons. The van der Waals surface area contributed by atoms with Gasteiger partial charge in [0.2, 0.25) is 0 Å². The summed E-state index contributed by atoms with van der Waals surface area (Å²) in [4.78, 5) is 0. The molecule has 0 heterocycles. The van der Waals surface area contributed by atoms with Crippen molar-refractivity contribution >= 4 is 5.69 Å². The van der Waals surface area contributed by atoms with Gasteiger partial charge >= 0.3 is 0 Å². The highest BCUT2D eigenvalue weighted by Gasteiger charge is 2.18. The van der Waals surface area contributed by atoms with Gasteiger partial charge in [0.15, 0.2) is 23.3 Å². The summed E-state index contributed by atoms with van der Waals surface area (Å²) in [6.07, 6.45) is 0. The summed E-state index contributed by atoms with van der Waals surface area (Å²) in [7, 11) is 0. The molecule has 0 bridgehead atoms. The van der Waals surface area contributed by atoms with Crippen LogP contribution in [0, 0.1) is 37.1 Å². The lowest BCUT2D eigenvalue weighted by Crippen LogP contribution is -2.08. The van der Waals surface area contributed by atoms with E-state index in [4.69, 9.17) is 0 Å². The highest BCUT2D eigenvalue weighted by molar-refractivity contribution is 5.48. The van der Waals surface area contributed by atoms with E-state index in [1.165, 1.54) is 0 Å². The molecule has 0 aliphatic rings. The van der Waals surface area contributed by atoms with Gasteiger partial charge in [0.05, 0.1) is 0 Å². The lowest BCUT2D eigenvalue weighted by Gasteiger charge is -2.12. The second-order valence-electron chi connectivity index (χ2n) is 4.56. The number of aryl methyl sites for hydroxylation is 1. The van der Waals surface area contributed by atoms with Crippen LogP contribution >= 0.6 is 0 Å². The zero-order valence-electron chi connectivity index (χ0n) is 11.0. The fourth-order valence-electron chi connectivity index (χ4n) is 1.92. The first-order valence-electron chi connectivity index (χ1n) is 6.03. The Hall–Kier alpha value is -2.04. The van der Waals surface area contributed by atoms with Gasteiger partial charge in [0, 0.05) is 12.6 Å². The Labute approximate surface area is 114 Å². The molecule has 5 heteroatoms. The van der Waals surface area contributed by atoms with Crippen LogP contribution in [0.5, 0.6) is 0 Å². The maximum atomic E-state index is 13.5. The molecule has 1 N–H and O–H groups in total. The minimum absolute atomic E-state index is 0.0737. The largest absolute Gasteiger partial charge is 0.376 e. The summed E-state index contributed by atoms with van der Waals surface area (Å²) in [6.45, 7) is 3.84. The molecule has 2 aromatic carbocycles. The summed E-state index contributed by atoms with van der Waals surface area (Å²) in [5.74, 6) is -5.69. The van der Waals surface area contributed by atoms with Gasteiger partial charge < -0.3 is 5.32 Å². The van der Waals surface area contributed by atoms with Crippen molar-refractivity contribution in [2.24, 2.45) is 0 Å². The van der Waals surface area contributed by atoms with Crippen molar-refractivity contribution in [1.29, 1.82) is 0 Å². The monoisotopic (exact) mass is 283 g/mol. The normalized spacial score (nSPS) is 10.7. The molecule has 0 saturated carbocycles. The predicted octanol–water partition coefficient (Wildman–Crippen LogP) is 4.47. The molecular weight excluding hydrogens is 270 g/mol. The summed E-state index contributed by atoms with van der Waals surface area (Å²) in [6, 6.07) is 5.68. The van der Waals surface area contributed by atoms with Crippen LogP contribution in [0.15, 0.2) is 24.3 Å². The number of hydrogen-bond acceptors (Lipinski definition) is 1. The smallest absolute Gasteiger partial charge is 0.185 e. The van der Waals surface area contributed by atoms with Gasteiger partial charge in [0.25, 0.3) is 0 Å². The van der Waals surface area contributed by atoms with Crippen LogP contribution in [0.1, 0.15) is 16.7 Å². The molecule has 0 amide bonds. The average molecular weight is 283 g/mol. The minimum Gasteiger partial charge on any atom is -0.376 e. The molecule has 2 rings (SSSR count). The van der Waals surface area contributed by atoms with Crippen LogP contribution in [0.4, 0.5) is 23.2 Å². The van der Waals surface area contributed by atoms with Crippen molar-refractivity contribution < 1.29 is 17.6 Å². The minimum atomic E-state index is -1.42. The molecular formula is C15H13F4N. The summed E-state index contributed by atoms with van der Waals surface area (Å²) in [5.41, 5.74) is 1.99. The number of anilines is 1. The quantitative estimate of drug-likeness (QED) is 0.647. The van der Waals surface area contributed by atoms with Crippen LogP contribution < -0.4 is 5.32 Å². The molecule has 0 radical (unpaired) electrons. The molecule has 0 aliphatic heterocycles. The Morgan fingerprint density at radius 3 is 2.15 bits per heavy atom. The zero-order chi connectivity index (χ0) is 14.9. The van der Waals surface area contributed by atoms with E-state index in [1.807, 2.05) is 19.9 Å². The van der Waals surface area contributed by atoms with E-state index in [9.17, 15) is 17.6 Å². The third kappa shape index (κ3) is 2.61. The second kappa shape index (κ2) is 5.53. The van der Waals surface area contributed by atoms with Crippen LogP contribution in [0.3, 0.4) is 0 Å². The summed E-state index contributed by atoms with van der Waals surface area (Å²) >= 11 is 0. The van der Waals surface area contributed by atoms with Gasteiger partial charge in [-0.25, -0.2) is 17.6 Å². The number of benzene rings is 2. The van der Waals surface area contributed by atoms with E-state index in [-0.39, 0.29) is 12.6 Å². The fraction of sp³-hybridized carbons (Fsp3) is 0.200. The second-order valence-corrected chi connectivity index (χ2v) is 4.56. The lowest BCUT2D eigenvalue weighted by molar-refractivity contribution is 0.458. The average Bonchev–Trinajstić information content (AvgIpc) is 2.41.